The molecule has 0 bridgehead atoms. The average Bonchev–Trinajstić information content (AvgIpc) is 3.23. The van der Waals surface area contributed by atoms with Crippen molar-refractivity contribution in [1.29, 1.82) is 0 Å². The lowest BCUT2D eigenvalue weighted by atomic mass is 10.1. The highest BCUT2D eigenvalue weighted by atomic mass is 35.5. The van der Waals surface area contributed by atoms with Crippen molar-refractivity contribution >= 4 is 39.3 Å². The molecule has 1 aliphatic rings. The summed E-state index contributed by atoms with van der Waals surface area (Å²) < 4.78 is 25.4. The number of rotatable bonds is 4. The third kappa shape index (κ3) is 2.67. The van der Waals surface area contributed by atoms with Crippen LogP contribution in [0.25, 0.3) is 0 Å². The van der Waals surface area contributed by atoms with E-state index in [0.29, 0.717) is 16.3 Å². The molecule has 0 heterocycles. The fourth-order valence-corrected chi connectivity index (χ4v) is 5.21. The van der Waals surface area contributed by atoms with E-state index < -0.39 is 21.0 Å². The summed E-state index contributed by atoms with van der Waals surface area (Å²) >= 11 is 11.7. The quantitative estimate of drug-likeness (QED) is 0.785. The molecule has 22 heavy (non-hydrogen) atoms. The van der Waals surface area contributed by atoms with E-state index in [1.807, 2.05) is 0 Å². The van der Waals surface area contributed by atoms with Crippen molar-refractivity contribution in [2.75, 3.05) is 0 Å². The van der Waals surface area contributed by atoms with Crippen LogP contribution >= 0.6 is 23.2 Å². The topological polar surface area (TPSA) is 51.2 Å². The first kappa shape index (κ1) is 15.5. The first-order valence-corrected chi connectivity index (χ1v) is 8.95. The van der Waals surface area contributed by atoms with Crippen molar-refractivity contribution in [2.45, 2.75) is 16.1 Å². The van der Waals surface area contributed by atoms with Crippen molar-refractivity contribution in [3.63, 3.8) is 0 Å². The molecular formula is C16H12Cl2O3S. The Kier molecular flexibility index (Phi) is 4.02. The third-order valence-corrected chi connectivity index (χ3v) is 6.64. The Bertz CT molecular complexity index is 816. The second-order valence-corrected chi connectivity index (χ2v) is 8.24. The molecule has 2 aromatic carbocycles. The van der Waals surface area contributed by atoms with Crippen molar-refractivity contribution in [1.82, 2.24) is 0 Å². The second kappa shape index (κ2) is 5.69. The van der Waals surface area contributed by atoms with Gasteiger partial charge in [0.05, 0.1) is 10.1 Å². The van der Waals surface area contributed by atoms with Gasteiger partial charge in [0.2, 0.25) is 0 Å². The first-order valence-electron chi connectivity index (χ1n) is 6.65. The summed E-state index contributed by atoms with van der Waals surface area (Å²) in [4.78, 5) is 11.4. The third-order valence-electron chi connectivity index (χ3n) is 3.90. The van der Waals surface area contributed by atoms with Gasteiger partial charge < -0.3 is 4.79 Å². The molecule has 6 heteroatoms. The molecule has 3 rings (SSSR count). The lowest BCUT2D eigenvalue weighted by Crippen LogP contribution is -2.11. The number of carbonyl (C=O) groups excluding carboxylic acids is 1. The van der Waals surface area contributed by atoms with Crippen molar-refractivity contribution in [2.24, 2.45) is 5.92 Å². The number of hydrogen-bond donors (Lipinski definition) is 0. The van der Waals surface area contributed by atoms with Gasteiger partial charge in [0.25, 0.3) is 0 Å². The SMILES string of the molecule is O=C[C@H]1[C@@H](c2cccc(Cl)c2)[C@@H]1S(=O)(=O)c1ccc(Cl)cc1. The number of sulfone groups is 1. The molecule has 3 nitrogen and oxygen atoms in total. The fraction of sp³-hybridized carbons (Fsp3) is 0.188. The number of benzene rings is 2. The maximum atomic E-state index is 12.7. The minimum atomic E-state index is -3.59. The van der Waals surface area contributed by atoms with E-state index in [-0.39, 0.29) is 10.8 Å². The zero-order chi connectivity index (χ0) is 15.9. The van der Waals surface area contributed by atoms with Gasteiger partial charge in [-0.1, -0.05) is 35.3 Å². The van der Waals surface area contributed by atoms with Gasteiger partial charge in [0.15, 0.2) is 9.84 Å². The average molecular weight is 355 g/mol. The van der Waals surface area contributed by atoms with Crippen LogP contribution in [0.1, 0.15) is 11.5 Å². The standard InChI is InChI=1S/C16H12Cl2O3S/c17-11-4-6-13(7-5-11)22(20,21)16-14(9-19)15(16)10-2-1-3-12(18)8-10/h1-9,14-16H/t14-,15+,16+/m0/s1. The molecule has 1 saturated carbocycles. The summed E-state index contributed by atoms with van der Waals surface area (Å²) in [6.45, 7) is 0. The molecule has 0 N–H and O–H groups in total. The van der Waals surface area contributed by atoms with E-state index in [2.05, 4.69) is 0 Å². The van der Waals surface area contributed by atoms with E-state index in [0.717, 1.165) is 5.56 Å². The van der Waals surface area contributed by atoms with Crippen LogP contribution in [0.5, 0.6) is 0 Å². The summed E-state index contributed by atoms with van der Waals surface area (Å²) in [5.41, 5.74) is 0.770. The summed E-state index contributed by atoms with van der Waals surface area (Å²) in [7, 11) is -3.59. The Morgan fingerprint density at radius 2 is 1.64 bits per heavy atom. The van der Waals surface area contributed by atoms with Crippen LogP contribution < -0.4 is 0 Å². The van der Waals surface area contributed by atoms with Gasteiger partial charge in [-0.2, -0.15) is 0 Å². The number of hydrogen-bond acceptors (Lipinski definition) is 3. The highest BCUT2D eigenvalue weighted by Crippen LogP contribution is 2.53. The molecule has 3 atom stereocenters. The van der Waals surface area contributed by atoms with Crippen LogP contribution in [-0.2, 0) is 14.6 Å². The molecule has 0 radical (unpaired) electrons. The fourth-order valence-electron chi connectivity index (χ4n) is 2.77. The zero-order valence-electron chi connectivity index (χ0n) is 11.3. The molecule has 0 saturated heterocycles. The number of carbonyl (C=O) groups is 1. The molecule has 0 unspecified atom stereocenters. The maximum absolute atomic E-state index is 12.7. The normalized spacial score (nSPS) is 24.0. The summed E-state index contributed by atoms with van der Waals surface area (Å²) in [5, 5.41) is 0.245. The molecular weight excluding hydrogens is 343 g/mol. The van der Waals surface area contributed by atoms with Crippen LogP contribution in [0.2, 0.25) is 10.0 Å². The van der Waals surface area contributed by atoms with Gasteiger partial charge in [0.1, 0.15) is 6.29 Å². The van der Waals surface area contributed by atoms with Crippen LogP contribution in [0, 0.1) is 5.92 Å². The van der Waals surface area contributed by atoms with Gasteiger partial charge in [-0.15, -0.1) is 0 Å². The second-order valence-electron chi connectivity index (χ2n) is 5.26. The van der Waals surface area contributed by atoms with E-state index in [4.69, 9.17) is 23.2 Å². The number of halogens is 2. The Balaban J connectivity index is 1.97. The van der Waals surface area contributed by atoms with Crippen LogP contribution in [0.3, 0.4) is 0 Å². The Hall–Kier alpha value is -1.36. The van der Waals surface area contributed by atoms with E-state index in [1.54, 1.807) is 24.3 Å². The van der Waals surface area contributed by atoms with Crippen molar-refractivity contribution in [3.05, 3.63) is 64.1 Å². The highest BCUT2D eigenvalue weighted by Gasteiger charge is 2.59. The van der Waals surface area contributed by atoms with Crippen molar-refractivity contribution in [3.8, 4) is 0 Å². The minimum Gasteiger partial charge on any atom is -0.303 e. The largest absolute Gasteiger partial charge is 0.303 e. The van der Waals surface area contributed by atoms with Gasteiger partial charge in [-0.3, -0.25) is 0 Å². The van der Waals surface area contributed by atoms with E-state index in [9.17, 15) is 13.2 Å². The Morgan fingerprint density at radius 3 is 2.23 bits per heavy atom. The van der Waals surface area contributed by atoms with Crippen LogP contribution in [0.4, 0.5) is 0 Å². The molecule has 1 aliphatic carbocycles. The van der Waals surface area contributed by atoms with Crippen molar-refractivity contribution < 1.29 is 13.2 Å². The maximum Gasteiger partial charge on any atom is 0.182 e. The lowest BCUT2D eigenvalue weighted by molar-refractivity contribution is -0.108. The van der Waals surface area contributed by atoms with E-state index in [1.165, 1.54) is 24.3 Å². The molecule has 1 fully saturated rings. The molecule has 0 spiro atoms. The number of aldehydes is 1. The first-order chi connectivity index (χ1) is 10.4. The van der Waals surface area contributed by atoms with E-state index >= 15 is 0 Å². The Labute approximate surface area is 138 Å². The summed E-state index contributed by atoms with van der Waals surface area (Å²) in [5.74, 6) is -0.893. The molecule has 0 aliphatic heterocycles. The summed E-state index contributed by atoms with van der Waals surface area (Å²) in [6.07, 6.45) is 0.712. The van der Waals surface area contributed by atoms with Gasteiger partial charge >= 0.3 is 0 Å². The van der Waals surface area contributed by atoms with Crippen LogP contribution in [0.15, 0.2) is 53.4 Å². The minimum absolute atomic E-state index is 0.179. The monoisotopic (exact) mass is 354 g/mol. The predicted octanol–water partition coefficient (Wildman–Crippen LogP) is 3.75. The zero-order valence-corrected chi connectivity index (χ0v) is 13.6. The predicted molar refractivity (Wildman–Crippen MR) is 86.2 cm³/mol. The Morgan fingerprint density at radius 1 is 0.955 bits per heavy atom. The lowest BCUT2D eigenvalue weighted by Gasteiger charge is -2.04. The van der Waals surface area contributed by atoms with Gasteiger partial charge in [0, 0.05) is 21.9 Å². The van der Waals surface area contributed by atoms with Gasteiger partial charge in [-0.25, -0.2) is 8.42 Å². The highest BCUT2D eigenvalue weighted by molar-refractivity contribution is 7.92. The van der Waals surface area contributed by atoms with Crippen LogP contribution in [-0.4, -0.2) is 20.0 Å². The molecule has 0 amide bonds. The smallest absolute Gasteiger partial charge is 0.182 e. The summed E-state index contributed by atoms with van der Waals surface area (Å²) in [6, 6.07) is 13.0. The molecule has 2 aromatic rings. The van der Waals surface area contributed by atoms with Gasteiger partial charge in [-0.05, 0) is 42.0 Å². The molecule has 0 aromatic heterocycles. The molecule has 114 valence electrons.